The Morgan fingerprint density at radius 3 is 2.91 bits per heavy atom. The zero-order valence-corrected chi connectivity index (χ0v) is 13.2. The molecule has 3 rings (SSSR count). The Kier molecular flexibility index (Phi) is 4.23. The van der Waals surface area contributed by atoms with Crippen LogP contribution in [0.25, 0.3) is 0 Å². The molecule has 0 saturated carbocycles. The molecule has 0 saturated heterocycles. The molecular weight excluding hydrogens is 302 g/mol. The lowest BCUT2D eigenvalue weighted by atomic mass is 10.2. The first-order valence-corrected chi connectivity index (χ1v) is 9.00. The topological polar surface area (TPSA) is 80.1 Å². The summed E-state index contributed by atoms with van der Waals surface area (Å²) < 4.78 is 27.2. The zero-order chi connectivity index (χ0) is 15.6. The van der Waals surface area contributed by atoms with Crippen LogP contribution < -0.4 is 4.72 Å². The van der Waals surface area contributed by atoms with Crippen molar-refractivity contribution in [3.8, 4) is 0 Å². The van der Waals surface area contributed by atoms with Gasteiger partial charge in [0.15, 0.2) is 0 Å². The molecular formula is C14H19N5O2S. The Bertz CT molecular complexity index is 729. The highest BCUT2D eigenvalue weighted by molar-refractivity contribution is 7.88. The Morgan fingerprint density at radius 2 is 2.18 bits per heavy atom. The van der Waals surface area contributed by atoms with Gasteiger partial charge in [-0.05, 0) is 18.2 Å². The van der Waals surface area contributed by atoms with Gasteiger partial charge in [-0.3, -0.25) is 14.6 Å². The minimum absolute atomic E-state index is 0.0165. The fourth-order valence-corrected chi connectivity index (χ4v) is 3.20. The number of aromatic nitrogens is 3. The Morgan fingerprint density at radius 1 is 1.32 bits per heavy atom. The van der Waals surface area contributed by atoms with E-state index in [4.69, 9.17) is 0 Å². The van der Waals surface area contributed by atoms with Crippen LogP contribution in [0.2, 0.25) is 0 Å². The molecule has 0 radical (unpaired) electrons. The van der Waals surface area contributed by atoms with E-state index in [9.17, 15) is 8.42 Å². The molecule has 0 fully saturated rings. The van der Waals surface area contributed by atoms with Gasteiger partial charge in [0, 0.05) is 38.6 Å². The molecule has 22 heavy (non-hydrogen) atoms. The number of hydrogen-bond donors (Lipinski definition) is 1. The molecule has 1 atom stereocenters. The molecule has 1 N–H and O–H groups in total. The van der Waals surface area contributed by atoms with E-state index in [0.717, 1.165) is 31.0 Å². The molecule has 0 bridgehead atoms. The molecule has 1 aliphatic heterocycles. The van der Waals surface area contributed by atoms with Crippen molar-refractivity contribution in [2.24, 2.45) is 0 Å². The molecule has 0 aromatic carbocycles. The molecule has 0 spiro atoms. The summed E-state index contributed by atoms with van der Waals surface area (Å²) in [7, 11) is -3.21. The summed E-state index contributed by atoms with van der Waals surface area (Å²) in [6, 6.07) is 7.82. The van der Waals surface area contributed by atoms with Crippen LogP contribution in [0.5, 0.6) is 0 Å². The van der Waals surface area contributed by atoms with Crippen molar-refractivity contribution in [2.45, 2.75) is 19.1 Å². The van der Waals surface area contributed by atoms with Crippen molar-refractivity contribution in [3.05, 3.63) is 48.0 Å². The van der Waals surface area contributed by atoms with Gasteiger partial charge in [-0.1, -0.05) is 6.07 Å². The van der Waals surface area contributed by atoms with E-state index < -0.39 is 10.0 Å². The Hall–Kier alpha value is -1.77. The van der Waals surface area contributed by atoms with Crippen LogP contribution in [0.3, 0.4) is 0 Å². The maximum absolute atomic E-state index is 11.3. The average molecular weight is 321 g/mol. The second kappa shape index (κ2) is 6.15. The summed E-state index contributed by atoms with van der Waals surface area (Å²) in [5, 5.41) is 4.32. The van der Waals surface area contributed by atoms with Crippen LogP contribution >= 0.6 is 0 Å². The van der Waals surface area contributed by atoms with E-state index in [-0.39, 0.29) is 6.04 Å². The lowest BCUT2D eigenvalue weighted by Gasteiger charge is -2.33. The third kappa shape index (κ3) is 3.70. The van der Waals surface area contributed by atoms with E-state index in [0.29, 0.717) is 6.54 Å². The second-order valence-electron chi connectivity index (χ2n) is 5.53. The highest BCUT2D eigenvalue weighted by Gasteiger charge is 2.26. The summed E-state index contributed by atoms with van der Waals surface area (Å²) in [6.45, 7) is 2.59. The van der Waals surface area contributed by atoms with Crippen LogP contribution in [0.4, 0.5) is 0 Å². The van der Waals surface area contributed by atoms with E-state index >= 15 is 0 Å². The number of hydrogen-bond acceptors (Lipinski definition) is 5. The van der Waals surface area contributed by atoms with Gasteiger partial charge in [0.2, 0.25) is 10.0 Å². The van der Waals surface area contributed by atoms with Gasteiger partial charge in [-0.25, -0.2) is 13.1 Å². The molecule has 118 valence electrons. The normalized spacial score (nSPS) is 19.0. The third-order valence-electron chi connectivity index (χ3n) is 3.65. The predicted molar refractivity (Wildman–Crippen MR) is 82.5 cm³/mol. The summed E-state index contributed by atoms with van der Waals surface area (Å²) in [5.74, 6) is 0. The van der Waals surface area contributed by atoms with Gasteiger partial charge < -0.3 is 0 Å². The van der Waals surface area contributed by atoms with E-state index in [1.165, 1.54) is 6.26 Å². The quantitative estimate of drug-likeness (QED) is 0.861. The molecule has 8 heteroatoms. The number of rotatable bonds is 5. The maximum Gasteiger partial charge on any atom is 0.208 e. The number of nitrogens with zero attached hydrogens (tertiary/aromatic N) is 4. The minimum atomic E-state index is -3.21. The number of pyridine rings is 1. The first-order valence-electron chi connectivity index (χ1n) is 7.10. The van der Waals surface area contributed by atoms with Gasteiger partial charge in [0.05, 0.1) is 23.7 Å². The fraction of sp³-hybridized carbons (Fsp3) is 0.429. The standard InChI is InChI=1S/C14H19N5O2S/c1-22(20,21)17-8-14-11-18(9-12-4-2-3-6-15-12)10-13-5-7-16-19(13)14/h2-7,14,17H,8-11H2,1H3. The maximum atomic E-state index is 11.3. The van der Waals surface area contributed by atoms with Crippen LogP contribution in [0, 0.1) is 0 Å². The summed E-state index contributed by atoms with van der Waals surface area (Å²) in [6.07, 6.45) is 4.71. The van der Waals surface area contributed by atoms with Gasteiger partial charge in [0.25, 0.3) is 0 Å². The zero-order valence-electron chi connectivity index (χ0n) is 12.4. The summed E-state index contributed by atoms with van der Waals surface area (Å²) >= 11 is 0. The lowest BCUT2D eigenvalue weighted by molar-refractivity contribution is 0.166. The Labute approximate surface area is 130 Å². The first kappa shape index (κ1) is 15.1. The van der Waals surface area contributed by atoms with Gasteiger partial charge in [0.1, 0.15) is 0 Å². The van der Waals surface area contributed by atoms with E-state index in [2.05, 4.69) is 19.7 Å². The van der Waals surface area contributed by atoms with Crippen molar-refractivity contribution >= 4 is 10.0 Å². The molecule has 1 aliphatic rings. The molecule has 1 unspecified atom stereocenters. The van der Waals surface area contributed by atoms with Crippen LogP contribution in [0.15, 0.2) is 36.7 Å². The first-order chi connectivity index (χ1) is 10.5. The van der Waals surface area contributed by atoms with Crippen molar-refractivity contribution in [3.63, 3.8) is 0 Å². The molecule has 3 heterocycles. The largest absolute Gasteiger partial charge is 0.290 e. The van der Waals surface area contributed by atoms with Crippen LogP contribution in [-0.2, 0) is 23.1 Å². The summed E-state index contributed by atoms with van der Waals surface area (Å²) in [5.41, 5.74) is 2.09. The lowest BCUT2D eigenvalue weighted by Crippen LogP contribution is -2.42. The van der Waals surface area contributed by atoms with Gasteiger partial charge in [-0.15, -0.1) is 0 Å². The molecule has 2 aromatic rings. The van der Waals surface area contributed by atoms with Crippen molar-refractivity contribution in [1.82, 2.24) is 24.4 Å². The fourth-order valence-electron chi connectivity index (χ4n) is 2.70. The van der Waals surface area contributed by atoms with Crippen molar-refractivity contribution < 1.29 is 8.42 Å². The number of fused-ring (bicyclic) bond motifs is 1. The molecule has 0 aliphatic carbocycles. The monoisotopic (exact) mass is 321 g/mol. The van der Waals surface area contributed by atoms with Crippen LogP contribution in [-0.4, -0.2) is 47.4 Å². The predicted octanol–water partition coefficient (Wildman–Crippen LogP) is 0.384. The van der Waals surface area contributed by atoms with E-state index in [1.54, 1.807) is 12.4 Å². The van der Waals surface area contributed by atoms with Crippen LogP contribution in [0.1, 0.15) is 17.4 Å². The van der Waals surface area contributed by atoms with E-state index in [1.807, 2.05) is 28.9 Å². The van der Waals surface area contributed by atoms with Gasteiger partial charge >= 0.3 is 0 Å². The van der Waals surface area contributed by atoms with Gasteiger partial charge in [-0.2, -0.15) is 5.10 Å². The molecule has 2 aromatic heterocycles. The number of nitrogens with one attached hydrogen (secondary N) is 1. The second-order valence-corrected chi connectivity index (χ2v) is 7.37. The smallest absolute Gasteiger partial charge is 0.208 e. The third-order valence-corrected chi connectivity index (χ3v) is 4.34. The molecule has 7 nitrogen and oxygen atoms in total. The minimum Gasteiger partial charge on any atom is -0.290 e. The summed E-state index contributed by atoms with van der Waals surface area (Å²) in [4.78, 5) is 6.61. The highest BCUT2D eigenvalue weighted by Crippen LogP contribution is 2.21. The SMILES string of the molecule is CS(=O)(=O)NCC1CN(Cc2ccccn2)Cc2ccnn21. The highest BCUT2D eigenvalue weighted by atomic mass is 32.2. The van der Waals surface area contributed by atoms with Crippen molar-refractivity contribution in [2.75, 3.05) is 19.3 Å². The number of sulfonamides is 1. The molecule has 0 amide bonds. The average Bonchev–Trinajstić information content (AvgIpc) is 2.93. The van der Waals surface area contributed by atoms with Crippen molar-refractivity contribution in [1.29, 1.82) is 0 Å². The Balaban J connectivity index is 1.74.